The van der Waals surface area contributed by atoms with Crippen LogP contribution in [0.25, 0.3) is 0 Å². The Bertz CT molecular complexity index is 299. The standard InChI is InChI=1S/C14H26N2O3/c1-4-13(17)15(3)12-6-9-16(10-7-12)11-8-14(18)19-5-2/h12H,4-11H2,1-3H3. The van der Waals surface area contributed by atoms with Gasteiger partial charge in [-0.25, -0.2) is 0 Å². The zero-order valence-electron chi connectivity index (χ0n) is 12.4. The van der Waals surface area contributed by atoms with Crippen LogP contribution in [-0.2, 0) is 14.3 Å². The van der Waals surface area contributed by atoms with Crippen molar-refractivity contribution in [2.45, 2.75) is 45.6 Å². The van der Waals surface area contributed by atoms with Crippen LogP contribution < -0.4 is 0 Å². The number of carbonyl (C=O) groups is 2. The van der Waals surface area contributed by atoms with Crippen molar-refractivity contribution in [2.75, 3.05) is 33.3 Å². The molecule has 0 aliphatic carbocycles. The Morgan fingerprint density at radius 2 is 1.89 bits per heavy atom. The molecule has 0 aromatic carbocycles. The largest absolute Gasteiger partial charge is 0.466 e. The number of rotatable bonds is 6. The molecule has 0 atom stereocenters. The zero-order chi connectivity index (χ0) is 14.3. The zero-order valence-corrected chi connectivity index (χ0v) is 12.4. The first-order chi connectivity index (χ1) is 9.08. The van der Waals surface area contributed by atoms with Crippen molar-refractivity contribution >= 4 is 11.9 Å². The van der Waals surface area contributed by atoms with Gasteiger partial charge in [-0.15, -0.1) is 0 Å². The van der Waals surface area contributed by atoms with E-state index in [2.05, 4.69) is 4.90 Å². The first-order valence-corrected chi connectivity index (χ1v) is 7.22. The summed E-state index contributed by atoms with van der Waals surface area (Å²) >= 11 is 0. The molecule has 0 aromatic heterocycles. The minimum Gasteiger partial charge on any atom is -0.466 e. The molecule has 0 radical (unpaired) electrons. The van der Waals surface area contributed by atoms with Crippen molar-refractivity contribution in [3.63, 3.8) is 0 Å². The Balaban J connectivity index is 2.25. The molecule has 0 unspecified atom stereocenters. The summed E-state index contributed by atoms with van der Waals surface area (Å²) in [6, 6.07) is 0.353. The molecule has 1 fully saturated rings. The van der Waals surface area contributed by atoms with E-state index in [1.807, 2.05) is 25.8 Å². The van der Waals surface area contributed by atoms with Crippen molar-refractivity contribution in [3.05, 3.63) is 0 Å². The van der Waals surface area contributed by atoms with Gasteiger partial charge in [0.15, 0.2) is 0 Å². The normalized spacial score (nSPS) is 17.2. The summed E-state index contributed by atoms with van der Waals surface area (Å²) < 4.78 is 4.92. The summed E-state index contributed by atoms with van der Waals surface area (Å²) in [5.74, 6) is 0.0906. The highest BCUT2D eigenvalue weighted by Crippen LogP contribution is 2.16. The number of piperidine rings is 1. The van der Waals surface area contributed by atoms with Gasteiger partial charge in [-0.1, -0.05) is 6.92 Å². The van der Waals surface area contributed by atoms with Crippen LogP contribution >= 0.6 is 0 Å². The third-order valence-electron chi connectivity index (χ3n) is 3.74. The SMILES string of the molecule is CCOC(=O)CCN1CCC(N(C)C(=O)CC)CC1. The average molecular weight is 270 g/mol. The summed E-state index contributed by atoms with van der Waals surface area (Å²) in [4.78, 5) is 27.1. The highest BCUT2D eigenvalue weighted by Gasteiger charge is 2.24. The number of nitrogens with zero attached hydrogens (tertiary/aromatic N) is 2. The molecule has 0 aromatic rings. The van der Waals surface area contributed by atoms with Gasteiger partial charge in [-0.2, -0.15) is 0 Å². The average Bonchev–Trinajstić information content (AvgIpc) is 2.44. The third kappa shape index (κ3) is 5.19. The van der Waals surface area contributed by atoms with E-state index >= 15 is 0 Å². The molecule has 5 heteroatoms. The highest BCUT2D eigenvalue weighted by atomic mass is 16.5. The van der Waals surface area contributed by atoms with E-state index in [1.54, 1.807) is 0 Å². The van der Waals surface area contributed by atoms with E-state index in [0.717, 1.165) is 32.5 Å². The quantitative estimate of drug-likeness (QED) is 0.682. The van der Waals surface area contributed by atoms with Gasteiger partial charge in [0.1, 0.15) is 0 Å². The molecule has 1 aliphatic rings. The molecule has 0 saturated carbocycles. The second kappa shape index (κ2) is 8.15. The summed E-state index contributed by atoms with van der Waals surface area (Å²) in [5.41, 5.74) is 0. The molecule has 19 heavy (non-hydrogen) atoms. The fourth-order valence-corrected chi connectivity index (χ4v) is 2.47. The van der Waals surface area contributed by atoms with Gasteiger partial charge in [-0.3, -0.25) is 9.59 Å². The van der Waals surface area contributed by atoms with E-state index in [0.29, 0.717) is 25.5 Å². The Morgan fingerprint density at radius 3 is 2.42 bits per heavy atom. The summed E-state index contributed by atoms with van der Waals surface area (Å²) in [5, 5.41) is 0. The summed E-state index contributed by atoms with van der Waals surface area (Å²) in [7, 11) is 1.89. The van der Waals surface area contributed by atoms with E-state index in [1.165, 1.54) is 0 Å². The van der Waals surface area contributed by atoms with Gasteiger partial charge >= 0.3 is 5.97 Å². The molecule has 1 amide bonds. The lowest BCUT2D eigenvalue weighted by Crippen LogP contribution is -2.45. The maximum Gasteiger partial charge on any atom is 0.307 e. The van der Waals surface area contributed by atoms with Crippen molar-refractivity contribution in [1.82, 2.24) is 9.80 Å². The second-order valence-electron chi connectivity index (χ2n) is 4.99. The molecule has 1 saturated heterocycles. The van der Waals surface area contributed by atoms with Crippen LogP contribution in [-0.4, -0.2) is 61.0 Å². The maximum absolute atomic E-state index is 11.6. The fourth-order valence-electron chi connectivity index (χ4n) is 2.47. The van der Waals surface area contributed by atoms with Gasteiger partial charge in [0.05, 0.1) is 13.0 Å². The number of esters is 1. The number of hydrogen-bond donors (Lipinski definition) is 0. The molecular formula is C14H26N2O3. The van der Waals surface area contributed by atoms with Gasteiger partial charge < -0.3 is 14.5 Å². The number of amides is 1. The minimum absolute atomic E-state index is 0.122. The van der Waals surface area contributed by atoms with E-state index in [-0.39, 0.29) is 11.9 Å². The number of hydrogen-bond acceptors (Lipinski definition) is 4. The number of carbonyl (C=O) groups excluding carboxylic acids is 2. The van der Waals surface area contributed by atoms with E-state index < -0.39 is 0 Å². The Kier molecular flexibility index (Phi) is 6.84. The summed E-state index contributed by atoms with van der Waals surface area (Å²) in [6.45, 7) is 6.83. The highest BCUT2D eigenvalue weighted by molar-refractivity contribution is 5.75. The van der Waals surface area contributed by atoms with Gasteiger partial charge in [0, 0.05) is 39.1 Å². The Hall–Kier alpha value is -1.10. The van der Waals surface area contributed by atoms with Gasteiger partial charge in [0.2, 0.25) is 5.91 Å². The monoisotopic (exact) mass is 270 g/mol. The Labute approximate surface area is 115 Å². The van der Waals surface area contributed by atoms with Crippen LogP contribution in [0, 0.1) is 0 Å². The van der Waals surface area contributed by atoms with E-state index in [4.69, 9.17) is 4.74 Å². The third-order valence-corrected chi connectivity index (χ3v) is 3.74. The van der Waals surface area contributed by atoms with Crippen LogP contribution in [0.15, 0.2) is 0 Å². The van der Waals surface area contributed by atoms with Gasteiger partial charge in [-0.05, 0) is 19.8 Å². The minimum atomic E-state index is -0.122. The van der Waals surface area contributed by atoms with Gasteiger partial charge in [0.25, 0.3) is 0 Å². The molecule has 5 nitrogen and oxygen atoms in total. The number of likely N-dealkylation sites (tertiary alicyclic amines) is 1. The summed E-state index contributed by atoms with van der Waals surface area (Å²) in [6.07, 6.45) is 3.01. The van der Waals surface area contributed by atoms with Crippen molar-refractivity contribution in [1.29, 1.82) is 0 Å². The Morgan fingerprint density at radius 1 is 1.26 bits per heavy atom. The van der Waals surface area contributed by atoms with E-state index in [9.17, 15) is 9.59 Å². The van der Waals surface area contributed by atoms with Crippen LogP contribution in [0.3, 0.4) is 0 Å². The first-order valence-electron chi connectivity index (χ1n) is 7.22. The predicted molar refractivity (Wildman–Crippen MR) is 73.8 cm³/mol. The first kappa shape index (κ1) is 16.0. The van der Waals surface area contributed by atoms with Crippen LogP contribution in [0.4, 0.5) is 0 Å². The van der Waals surface area contributed by atoms with Crippen molar-refractivity contribution < 1.29 is 14.3 Å². The lowest BCUT2D eigenvalue weighted by molar-refractivity contribution is -0.143. The fraction of sp³-hybridized carbons (Fsp3) is 0.857. The topological polar surface area (TPSA) is 49.9 Å². The lowest BCUT2D eigenvalue weighted by Gasteiger charge is -2.36. The molecule has 1 heterocycles. The molecule has 1 rings (SSSR count). The van der Waals surface area contributed by atoms with Crippen LogP contribution in [0.5, 0.6) is 0 Å². The maximum atomic E-state index is 11.6. The predicted octanol–water partition coefficient (Wildman–Crippen LogP) is 1.27. The van der Waals surface area contributed by atoms with Crippen molar-refractivity contribution in [2.24, 2.45) is 0 Å². The number of ether oxygens (including phenoxy) is 1. The molecule has 0 bridgehead atoms. The molecule has 1 aliphatic heterocycles. The molecule has 110 valence electrons. The smallest absolute Gasteiger partial charge is 0.307 e. The molecule has 0 spiro atoms. The van der Waals surface area contributed by atoms with Crippen molar-refractivity contribution in [3.8, 4) is 0 Å². The van der Waals surface area contributed by atoms with Crippen LogP contribution in [0.2, 0.25) is 0 Å². The lowest BCUT2D eigenvalue weighted by atomic mass is 10.0. The van der Waals surface area contributed by atoms with Crippen LogP contribution in [0.1, 0.15) is 39.5 Å². The molecular weight excluding hydrogens is 244 g/mol. The second-order valence-corrected chi connectivity index (χ2v) is 4.99. The molecule has 0 N–H and O–H groups in total.